The summed E-state index contributed by atoms with van der Waals surface area (Å²) in [5.74, 6) is 0. The van der Waals surface area contributed by atoms with E-state index in [9.17, 15) is 0 Å². The van der Waals surface area contributed by atoms with Crippen molar-refractivity contribution >= 4 is 34.2 Å². The fourth-order valence-electron chi connectivity index (χ4n) is 2.12. The SMILES string of the molecule is Cc1nn(-c2ccc(Cl)cc2)c(-c2ccccc2)c1I. The van der Waals surface area contributed by atoms with Gasteiger partial charge in [-0.25, -0.2) is 4.68 Å². The molecule has 0 spiro atoms. The van der Waals surface area contributed by atoms with Crippen LogP contribution in [0.4, 0.5) is 0 Å². The van der Waals surface area contributed by atoms with Crippen molar-refractivity contribution in [1.29, 1.82) is 0 Å². The first kappa shape index (κ1) is 13.6. The first-order chi connectivity index (χ1) is 9.66. The Morgan fingerprint density at radius 2 is 1.65 bits per heavy atom. The van der Waals surface area contributed by atoms with Gasteiger partial charge in [-0.1, -0.05) is 41.9 Å². The summed E-state index contributed by atoms with van der Waals surface area (Å²) in [6.07, 6.45) is 0. The number of nitrogens with zero attached hydrogens (tertiary/aromatic N) is 2. The summed E-state index contributed by atoms with van der Waals surface area (Å²) < 4.78 is 3.15. The molecule has 1 heterocycles. The van der Waals surface area contributed by atoms with Gasteiger partial charge in [-0.15, -0.1) is 0 Å². The molecule has 100 valence electrons. The number of rotatable bonds is 2. The van der Waals surface area contributed by atoms with Gasteiger partial charge in [-0.05, 0) is 53.8 Å². The molecule has 0 atom stereocenters. The standard InChI is InChI=1S/C16H12ClIN2/c1-11-15(18)16(12-5-3-2-4-6-12)20(19-11)14-9-7-13(17)8-10-14/h2-10H,1H3. The molecule has 0 fully saturated rings. The van der Waals surface area contributed by atoms with Crippen molar-refractivity contribution in [2.24, 2.45) is 0 Å². The zero-order valence-corrected chi connectivity index (χ0v) is 13.8. The number of aromatic nitrogens is 2. The van der Waals surface area contributed by atoms with Gasteiger partial charge in [0, 0.05) is 10.6 Å². The van der Waals surface area contributed by atoms with Crippen LogP contribution < -0.4 is 0 Å². The van der Waals surface area contributed by atoms with Crippen LogP contribution in [-0.2, 0) is 0 Å². The highest BCUT2D eigenvalue weighted by Crippen LogP contribution is 2.30. The first-order valence-corrected chi connectivity index (χ1v) is 7.69. The molecule has 2 aromatic carbocycles. The summed E-state index contributed by atoms with van der Waals surface area (Å²) in [6, 6.07) is 18.0. The molecule has 0 amide bonds. The molecule has 0 saturated heterocycles. The molecular formula is C16H12ClIN2. The van der Waals surface area contributed by atoms with Crippen molar-refractivity contribution in [2.45, 2.75) is 6.92 Å². The van der Waals surface area contributed by atoms with Crippen molar-refractivity contribution in [1.82, 2.24) is 9.78 Å². The topological polar surface area (TPSA) is 17.8 Å². The molecule has 3 rings (SSSR count). The highest BCUT2D eigenvalue weighted by molar-refractivity contribution is 14.1. The van der Waals surface area contributed by atoms with Gasteiger partial charge in [0.2, 0.25) is 0 Å². The van der Waals surface area contributed by atoms with Crippen LogP contribution in [0.25, 0.3) is 16.9 Å². The van der Waals surface area contributed by atoms with Crippen molar-refractivity contribution in [2.75, 3.05) is 0 Å². The van der Waals surface area contributed by atoms with E-state index in [0.717, 1.165) is 27.7 Å². The average molecular weight is 395 g/mol. The zero-order chi connectivity index (χ0) is 14.1. The lowest BCUT2D eigenvalue weighted by Crippen LogP contribution is -1.99. The average Bonchev–Trinajstić information content (AvgIpc) is 2.77. The van der Waals surface area contributed by atoms with E-state index in [4.69, 9.17) is 11.6 Å². The van der Waals surface area contributed by atoms with Gasteiger partial charge in [0.15, 0.2) is 0 Å². The van der Waals surface area contributed by atoms with Gasteiger partial charge in [-0.3, -0.25) is 0 Å². The van der Waals surface area contributed by atoms with Crippen LogP contribution >= 0.6 is 34.2 Å². The second-order valence-corrected chi connectivity index (χ2v) is 6.02. The molecule has 1 aromatic heterocycles. The van der Waals surface area contributed by atoms with E-state index in [-0.39, 0.29) is 0 Å². The molecule has 0 bridgehead atoms. The maximum absolute atomic E-state index is 5.96. The molecule has 0 saturated carbocycles. The monoisotopic (exact) mass is 394 g/mol. The van der Waals surface area contributed by atoms with Gasteiger partial charge in [-0.2, -0.15) is 5.10 Å². The van der Waals surface area contributed by atoms with Crippen molar-refractivity contribution in [3.63, 3.8) is 0 Å². The third-order valence-electron chi connectivity index (χ3n) is 3.11. The van der Waals surface area contributed by atoms with Gasteiger partial charge in [0.1, 0.15) is 0 Å². The number of hydrogen-bond acceptors (Lipinski definition) is 1. The van der Waals surface area contributed by atoms with Crippen LogP contribution in [0.3, 0.4) is 0 Å². The summed E-state index contributed by atoms with van der Waals surface area (Å²) in [7, 11) is 0. The van der Waals surface area contributed by atoms with Gasteiger partial charge in [0.05, 0.1) is 20.6 Å². The quantitative estimate of drug-likeness (QED) is 0.553. The van der Waals surface area contributed by atoms with Crippen molar-refractivity contribution in [3.05, 3.63) is 68.9 Å². The van der Waals surface area contributed by atoms with E-state index in [2.05, 4.69) is 39.8 Å². The van der Waals surface area contributed by atoms with E-state index in [1.165, 1.54) is 3.57 Å². The Bertz CT molecular complexity index is 733. The summed E-state index contributed by atoms with van der Waals surface area (Å²) in [6.45, 7) is 2.03. The minimum absolute atomic E-state index is 0.730. The normalized spacial score (nSPS) is 10.8. The Labute approximate surface area is 136 Å². The fourth-order valence-corrected chi connectivity index (χ4v) is 2.90. The predicted molar refractivity (Wildman–Crippen MR) is 91.5 cm³/mol. The first-order valence-electron chi connectivity index (χ1n) is 6.23. The summed E-state index contributed by atoms with van der Waals surface area (Å²) in [5, 5.41) is 5.38. The smallest absolute Gasteiger partial charge is 0.0877 e. The lowest BCUT2D eigenvalue weighted by atomic mass is 10.1. The molecule has 0 aliphatic heterocycles. The molecule has 0 aliphatic carbocycles. The van der Waals surface area contributed by atoms with Crippen molar-refractivity contribution in [3.8, 4) is 16.9 Å². The number of aryl methyl sites for hydroxylation is 1. The third kappa shape index (κ3) is 2.47. The molecule has 4 heteroatoms. The second kappa shape index (κ2) is 5.58. The molecule has 3 aromatic rings. The Morgan fingerprint density at radius 1 is 1.00 bits per heavy atom. The highest BCUT2D eigenvalue weighted by atomic mass is 127. The fraction of sp³-hybridized carbons (Fsp3) is 0.0625. The van der Waals surface area contributed by atoms with E-state index in [1.54, 1.807) is 0 Å². The Morgan fingerprint density at radius 3 is 2.30 bits per heavy atom. The number of halogens is 2. The lowest BCUT2D eigenvalue weighted by Gasteiger charge is -2.08. The van der Waals surface area contributed by atoms with Gasteiger partial charge >= 0.3 is 0 Å². The van der Waals surface area contributed by atoms with Crippen LogP contribution in [0.5, 0.6) is 0 Å². The summed E-state index contributed by atoms with van der Waals surface area (Å²) in [5.41, 5.74) is 4.32. The molecule has 0 N–H and O–H groups in total. The summed E-state index contributed by atoms with van der Waals surface area (Å²) >= 11 is 8.31. The minimum Gasteiger partial charge on any atom is -0.232 e. The van der Waals surface area contributed by atoms with E-state index < -0.39 is 0 Å². The molecular weight excluding hydrogens is 383 g/mol. The highest BCUT2D eigenvalue weighted by Gasteiger charge is 2.15. The largest absolute Gasteiger partial charge is 0.232 e. The van der Waals surface area contributed by atoms with Crippen LogP contribution in [-0.4, -0.2) is 9.78 Å². The molecule has 20 heavy (non-hydrogen) atoms. The minimum atomic E-state index is 0.730. The van der Waals surface area contributed by atoms with Gasteiger partial charge in [0.25, 0.3) is 0 Å². The summed E-state index contributed by atoms with van der Waals surface area (Å²) in [4.78, 5) is 0. The maximum Gasteiger partial charge on any atom is 0.0877 e. The number of hydrogen-bond donors (Lipinski definition) is 0. The molecule has 0 radical (unpaired) electrons. The molecule has 0 aliphatic rings. The van der Waals surface area contributed by atoms with Gasteiger partial charge < -0.3 is 0 Å². The maximum atomic E-state index is 5.96. The number of benzene rings is 2. The van der Waals surface area contributed by atoms with E-state index in [0.29, 0.717) is 0 Å². The van der Waals surface area contributed by atoms with Crippen LogP contribution in [0, 0.1) is 10.5 Å². The lowest BCUT2D eigenvalue weighted by molar-refractivity contribution is 0.869. The molecule has 0 unspecified atom stereocenters. The molecule has 2 nitrogen and oxygen atoms in total. The zero-order valence-electron chi connectivity index (χ0n) is 10.8. The Hall–Kier alpha value is -1.33. The Kier molecular flexibility index (Phi) is 3.81. The predicted octanol–water partition coefficient (Wildman–Crippen LogP) is 5.11. The van der Waals surface area contributed by atoms with E-state index in [1.807, 2.05) is 54.1 Å². The van der Waals surface area contributed by atoms with Crippen LogP contribution in [0.1, 0.15) is 5.69 Å². The van der Waals surface area contributed by atoms with Crippen LogP contribution in [0.2, 0.25) is 5.02 Å². The Balaban J connectivity index is 2.22. The van der Waals surface area contributed by atoms with E-state index >= 15 is 0 Å². The second-order valence-electron chi connectivity index (χ2n) is 4.50. The third-order valence-corrected chi connectivity index (χ3v) is 4.65. The van der Waals surface area contributed by atoms with Crippen LogP contribution in [0.15, 0.2) is 54.6 Å². The van der Waals surface area contributed by atoms with Crippen molar-refractivity contribution < 1.29 is 0 Å².